The fraction of sp³-hybridized carbons (Fsp3) is 0.400. The number of nitrogens with zero attached hydrogens (tertiary/aromatic N) is 4. The number of hydrogen-bond donors (Lipinski definition) is 3. The monoisotopic (exact) mass is 690 g/mol. The molecule has 0 radical (unpaired) electrons. The van der Waals surface area contributed by atoms with Gasteiger partial charge in [-0.3, -0.25) is 20.0 Å². The molecule has 11 heteroatoms. The van der Waals surface area contributed by atoms with Crippen LogP contribution in [0.3, 0.4) is 0 Å². The topological polar surface area (TPSA) is 132 Å². The summed E-state index contributed by atoms with van der Waals surface area (Å²) >= 11 is 0. The highest BCUT2D eigenvalue weighted by molar-refractivity contribution is 5.73. The predicted molar refractivity (Wildman–Crippen MR) is 197 cm³/mol. The minimum absolute atomic E-state index is 0.0973. The summed E-state index contributed by atoms with van der Waals surface area (Å²) in [5.41, 5.74) is 7.55. The van der Waals surface area contributed by atoms with E-state index >= 15 is 0 Å². The van der Waals surface area contributed by atoms with Crippen LogP contribution in [0.25, 0.3) is 45.0 Å². The van der Waals surface area contributed by atoms with Crippen LogP contribution in [0.15, 0.2) is 72.8 Å². The molecule has 2 atom stereocenters. The molecule has 2 aromatic carbocycles. The van der Waals surface area contributed by atoms with Crippen molar-refractivity contribution in [2.24, 2.45) is 0 Å². The van der Waals surface area contributed by atoms with Gasteiger partial charge in [0.1, 0.15) is 11.2 Å². The summed E-state index contributed by atoms with van der Waals surface area (Å²) in [6.07, 6.45) is 2.93. The zero-order chi connectivity index (χ0) is 36.8. The van der Waals surface area contributed by atoms with Gasteiger partial charge in [-0.1, -0.05) is 48.5 Å². The predicted octanol–water partition coefficient (Wildman–Crippen LogP) is 9.27. The molecule has 2 amide bonds. The molecule has 0 spiro atoms. The lowest BCUT2D eigenvalue weighted by atomic mass is 10.1. The molecule has 3 N–H and O–H groups in total. The average molecular weight is 691 g/mol. The van der Waals surface area contributed by atoms with E-state index in [9.17, 15) is 9.59 Å². The van der Waals surface area contributed by atoms with Crippen LogP contribution in [0.4, 0.5) is 9.59 Å². The zero-order valence-corrected chi connectivity index (χ0v) is 30.2. The quantitative estimate of drug-likeness (QED) is 0.163. The molecule has 7 rings (SSSR count). The van der Waals surface area contributed by atoms with Gasteiger partial charge in [0.15, 0.2) is 1.41 Å². The number of rotatable bonds is 6. The van der Waals surface area contributed by atoms with Crippen molar-refractivity contribution in [3.05, 3.63) is 84.2 Å². The normalized spacial score (nSPS) is 18.3. The van der Waals surface area contributed by atoms with Gasteiger partial charge in [0.25, 0.3) is 0 Å². The summed E-state index contributed by atoms with van der Waals surface area (Å²) < 4.78 is 20.2. The van der Waals surface area contributed by atoms with Crippen molar-refractivity contribution in [3.8, 4) is 45.0 Å². The molecule has 0 bridgehead atoms. The fourth-order valence-corrected chi connectivity index (χ4v) is 6.88. The van der Waals surface area contributed by atoms with Crippen molar-refractivity contribution >= 4 is 12.2 Å². The summed E-state index contributed by atoms with van der Waals surface area (Å²) in [6, 6.07) is 23.8. The van der Waals surface area contributed by atoms with Gasteiger partial charge < -0.3 is 14.5 Å². The molecule has 5 aromatic rings. The standard InChI is InChI=1S/C40H47N7O4/c1-39(2,3)50-37(48)46-21-7-9-35(46)33-23-31(42-44-33)27-15-11-25(12-16-27)29-19-20-30(41-29)26-13-17-28(18-14-26)32-24-34(45-43-32)36-10-8-22-47(36)38(49)51-40(4,5)6/h11-20,23-24,35-36,41H,7-10,21-22H2,1-6H3,(H,42,44)(H,43,45)/i/hD. The summed E-state index contributed by atoms with van der Waals surface area (Å²) in [5.74, 6) is 0. The number of carbonyl (C=O) groups is 2. The number of benzene rings is 2. The van der Waals surface area contributed by atoms with Crippen LogP contribution >= 0.6 is 0 Å². The number of aromatic amines is 3. The maximum absolute atomic E-state index is 12.8. The SMILES string of the molecule is [2H]n1c(-c2ccc(-c3cc(C4CCCN4C(=O)OC(C)(C)C)[nH]n3)cc2)ccc1-c1ccc(-c2cc(C3CCCN3C(=O)OC(C)(C)C)[nH]n2)cc1. The Morgan fingerprint density at radius 2 is 1.02 bits per heavy atom. The van der Waals surface area contributed by atoms with Gasteiger partial charge in [-0.2, -0.15) is 10.2 Å². The number of amides is 2. The smallest absolute Gasteiger partial charge is 0.410 e. The first-order valence-corrected chi connectivity index (χ1v) is 17.8. The lowest BCUT2D eigenvalue weighted by molar-refractivity contribution is 0.0211. The summed E-state index contributed by atoms with van der Waals surface area (Å²) in [5, 5.41) is 15.4. The van der Waals surface area contributed by atoms with E-state index in [1.54, 1.807) is 9.80 Å². The molecule has 5 heterocycles. The molecule has 0 aliphatic carbocycles. The number of H-pyrrole nitrogens is 3. The third kappa shape index (κ3) is 7.57. The maximum Gasteiger partial charge on any atom is 0.410 e. The second-order valence-corrected chi connectivity index (χ2v) is 15.5. The molecule has 2 fully saturated rings. The Bertz CT molecular complexity index is 1900. The van der Waals surface area contributed by atoms with Crippen LogP contribution in [0.5, 0.6) is 0 Å². The minimum Gasteiger partial charge on any atom is -0.444 e. The van der Waals surface area contributed by atoms with Gasteiger partial charge in [-0.05, 0) is 103 Å². The molecule has 51 heavy (non-hydrogen) atoms. The van der Waals surface area contributed by atoms with Crippen LogP contribution < -0.4 is 0 Å². The van der Waals surface area contributed by atoms with Gasteiger partial charge in [0, 0.05) is 35.6 Å². The van der Waals surface area contributed by atoms with E-state index in [0.717, 1.165) is 82.1 Å². The molecule has 2 aliphatic heterocycles. The molecule has 2 aliphatic rings. The van der Waals surface area contributed by atoms with E-state index in [-0.39, 0.29) is 24.3 Å². The second kappa shape index (κ2) is 13.4. The minimum atomic E-state index is -0.549. The lowest BCUT2D eigenvalue weighted by Crippen LogP contribution is -2.36. The lowest BCUT2D eigenvalue weighted by Gasteiger charge is -2.28. The molecular formula is C40H47N7O4. The van der Waals surface area contributed by atoms with E-state index in [4.69, 9.17) is 10.9 Å². The molecule has 11 nitrogen and oxygen atoms in total. The van der Waals surface area contributed by atoms with E-state index < -0.39 is 11.2 Å². The number of carbonyl (C=O) groups excluding carboxylic acids is 2. The number of nitrogens with one attached hydrogen (secondary N) is 3. The summed E-state index contributed by atoms with van der Waals surface area (Å²) in [7, 11) is 0. The first kappa shape index (κ1) is 32.9. The molecular weight excluding hydrogens is 642 g/mol. The highest BCUT2D eigenvalue weighted by Gasteiger charge is 2.35. The largest absolute Gasteiger partial charge is 0.444 e. The van der Waals surface area contributed by atoms with Crippen LogP contribution in [0.2, 0.25) is 1.41 Å². The van der Waals surface area contributed by atoms with E-state index in [2.05, 4.69) is 20.4 Å². The summed E-state index contributed by atoms with van der Waals surface area (Å²) in [4.78, 5) is 30.7. The van der Waals surface area contributed by atoms with Crippen LogP contribution in [-0.4, -0.2) is 71.6 Å². The van der Waals surface area contributed by atoms with Gasteiger partial charge in [0.2, 0.25) is 0 Å². The number of aromatic nitrogens is 5. The van der Waals surface area contributed by atoms with Gasteiger partial charge in [-0.15, -0.1) is 0 Å². The summed E-state index contributed by atoms with van der Waals surface area (Å²) in [6.45, 7) is 12.6. The Morgan fingerprint density at radius 3 is 1.39 bits per heavy atom. The van der Waals surface area contributed by atoms with E-state index in [0.29, 0.717) is 13.1 Å². The fourth-order valence-electron chi connectivity index (χ4n) is 6.88. The molecule has 266 valence electrons. The zero-order valence-electron chi connectivity index (χ0n) is 31.2. The van der Waals surface area contributed by atoms with Gasteiger partial charge in [-0.25, -0.2) is 9.59 Å². The Balaban J connectivity index is 1.02. The van der Waals surface area contributed by atoms with Gasteiger partial charge >= 0.3 is 12.2 Å². The number of likely N-dealkylation sites (tertiary alicyclic amines) is 2. The Labute approximate surface area is 300 Å². The Morgan fingerprint density at radius 1 is 0.647 bits per heavy atom. The number of ether oxygens (including phenoxy) is 2. The first-order chi connectivity index (χ1) is 24.7. The van der Waals surface area contributed by atoms with Crippen molar-refractivity contribution in [2.75, 3.05) is 13.1 Å². The third-order valence-electron chi connectivity index (χ3n) is 9.27. The third-order valence-corrected chi connectivity index (χ3v) is 9.27. The van der Waals surface area contributed by atoms with Crippen molar-refractivity contribution in [2.45, 2.75) is 90.5 Å². The maximum atomic E-state index is 12.8. The Kier molecular flexibility index (Phi) is 8.65. The van der Waals surface area contributed by atoms with Crippen molar-refractivity contribution in [3.63, 3.8) is 0 Å². The van der Waals surface area contributed by atoms with Crippen molar-refractivity contribution < 1.29 is 20.5 Å². The van der Waals surface area contributed by atoms with E-state index in [1.807, 2.05) is 114 Å². The molecule has 3 aromatic heterocycles. The second-order valence-electron chi connectivity index (χ2n) is 15.5. The van der Waals surface area contributed by atoms with Crippen LogP contribution in [0, 0.1) is 0 Å². The van der Waals surface area contributed by atoms with Crippen molar-refractivity contribution in [1.29, 1.82) is 0 Å². The van der Waals surface area contributed by atoms with Crippen LogP contribution in [0.1, 0.15) is 90.7 Å². The van der Waals surface area contributed by atoms with E-state index in [1.165, 1.54) is 4.98 Å². The van der Waals surface area contributed by atoms with Gasteiger partial charge in [0.05, 0.1) is 34.9 Å². The first-order valence-electron chi connectivity index (χ1n) is 18.2. The average Bonchev–Trinajstić information content (AvgIpc) is 3.93. The number of hydrogen-bond acceptors (Lipinski definition) is 6. The highest BCUT2D eigenvalue weighted by Crippen LogP contribution is 2.36. The molecule has 0 saturated carbocycles. The van der Waals surface area contributed by atoms with Crippen LogP contribution in [-0.2, 0) is 9.47 Å². The molecule has 2 unspecified atom stereocenters. The van der Waals surface area contributed by atoms with Crippen molar-refractivity contribution in [1.82, 2.24) is 35.2 Å². The highest BCUT2D eigenvalue weighted by atomic mass is 16.6. The Hall–Kier alpha value is -5.32. The molecule has 2 saturated heterocycles.